The third-order valence-electron chi connectivity index (χ3n) is 4.72. The second-order valence-corrected chi connectivity index (χ2v) is 8.11. The van der Waals surface area contributed by atoms with Crippen molar-refractivity contribution >= 4 is 41.0 Å². The van der Waals surface area contributed by atoms with Crippen LogP contribution in [0.3, 0.4) is 0 Å². The van der Waals surface area contributed by atoms with Gasteiger partial charge in [0.2, 0.25) is 11.8 Å². The topological polar surface area (TPSA) is 58.2 Å². The van der Waals surface area contributed by atoms with Crippen LogP contribution in [0.5, 0.6) is 0 Å². The first-order valence-electron chi connectivity index (χ1n) is 10.2. The zero-order valence-corrected chi connectivity index (χ0v) is 18.5. The first kappa shape index (κ1) is 22.4. The third-order valence-corrected chi connectivity index (χ3v) is 5.73. The lowest BCUT2D eigenvalue weighted by atomic mass is 10.1. The van der Waals surface area contributed by atoms with Crippen molar-refractivity contribution in [3.63, 3.8) is 0 Å². The molecule has 3 aromatic rings. The van der Waals surface area contributed by atoms with Gasteiger partial charge in [-0.3, -0.25) is 9.59 Å². The van der Waals surface area contributed by atoms with Crippen LogP contribution in [-0.2, 0) is 16.0 Å². The number of aryl methyl sites for hydroxylation is 2. The van der Waals surface area contributed by atoms with Crippen LogP contribution in [-0.4, -0.2) is 17.6 Å². The van der Waals surface area contributed by atoms with E-state index in [2.05, 4.69) is 17.6 Å². The number of carbonyl (C=O) groups is 2. The smallest absolute Gasteiger partial charge is 0.248 e. The second kappa shape index (κ2) is 11.2. The predicted molar refractivity (Wildman–Crippen MR) is 130 cm³/mol. The number of rotatable bonds is 8. The number of thioether (sulfide) groups is 1. The Morgan fingerprint density at radius 1 is 0.903 bits per heavy atom. The number of hydrogen-bond donors (Lipinski definition) is 2. The highest BCUT2D eigenvalue weighted by Gasteiger charge is 2.09. The van der Waals surface area contributed by atoms with Crippen molar-refractivity contribution in [1.82, 2.24) is 0 Å². The summed E-state index contributed by atoms with van der Waals surface area (Å²) in [5, 5.41) is 5.88. The van der Waals surface area contributed by atoms with Gasteiger partial charge < -0.3 is 10.6 Å². The quantitative estimate of drug-likeness (QED) is 0.343. The van der Waals surface area contributed by atoms with Gasteiger partial charge in [0.05, 0.1) is 5.75 Å². The van der Waals surface area contributed by atoms with Gasteiger partial charge in [-0.1, -0.05) is 55.5 Å². The van der Waals surface area contributed by atoms with Crippen molar-refractivity contribution in [2.45, 2.75) is 25.2 Å². The van der Waals surface area contributed by atoms with Gasteiger partial charge in [0.1, 0.15) is 0 Å². The zero-order chi connectivity index (χ0) is 22.1. The van der Waals surface area contributed by atoms with Crippen LogP contribution in [0.25, 0.3) is 6.08 Å². The lowest BCUT2D eigenvalue weighted by Crippen LogP contribution is -2.16. The molecule has 0 aromatic heterocycles. The molecule has 0 atom stereocenters. The summed E-state index contributed by atoms with van der Waals surface area (Å²) in [5.74, 6) is 0.106. The third kappa shape index (κ3) is 6.86. The van der Waals surface area contributed by atoms with E-state index in [0.717, 1.165) is 33.7 Å². The van der Waals surface area contributed by atoms with Crippen molar-refractivity contribution in [1.29, 1.82) is 0 Å². The summed E-state index contributed by atoms with van der Waals surface area (Å²) < 4.78 is 0. The van der Waals surface area contributed by atoms with Crippen molar-refractivity contribution in [2.24, 2.45) is 0 Å². The molecular formula is C26H26N2O2S. The van der Waals surface area contributed by atoms with Crippen LogP contribution in [0, 0.1) is 6.92 Å². The van der Waals surface area contributed by atoms with Gasteiger partial charge in [-0.2, -0.15) is 0 Å². The van der Waals surface area contributed by atoms with E-state index >= 15 is 0 Å². The average Bonchev–Trinajstić information content (AvgIpc) is 2.79. The molecule has 3 aromatic carbocycles. The van der Waals surface area contributed by atoms with Crippen molar-refractivity contribution in [3.05, 3.63) is 95.6 Å². The summed E-state index contributed by atoms with van der Waals surface area (Å²) in [4.78, 5) is 25.5. The molecular weight excluding hydrogens is 404 g/mol. The maximum atomic E-state index is 12.4. The lowest BCUT2D eigenvalue weighted by Gasteiger charge is -2.13. The molecule has 0 bridgehead atoms. The molecule has 3 rings (SSSR count). The number of anilines is 2. The van der Waals surface area contributed by atoms with Gasteiger partial charge >= 0.3 is 0 Å². The molecule has 0 heterocycles. The van der Waals surface area contributed by atoms with E-state index in [1.54, 1.807) is 6.08 Å². The molecule has 4 nitrogen and oxygen atoms in total. The molecule has 0 spiro atoms. The van der Waals surface area contributed by atoms with Crippen LogP contribution >= 0.6 is 11.8 Å². The minimum Gasteiger partial charge on any atom is -0.325 e. The van der Waals surface area contributed by atoms with Crippen LogP contribution in [0.4, 0.5) is 11.4 Å². The zero-order valence-electron chi connectivity index (χ0n) is 17.7. The molecule has 0 aliphatic carbocycles. The monoisotopic (exact) mass is 430 g/mol. The molecule has 2 amide bonds. The summed E-state index contributed by atoms with van der Waals surface area (Å²) in [6.07, 6.45) is 4.16. The Labute approximate surface area is 187 Å². The summed E-state index contributed by atoms with van der Waals surface area (Å²) in [6, 6.07) is 23.2. The van der Waals surface area contributed by atoms with E-state index in [1.165, 1.54) is 17.8 Å². The van der Waals surface area contributed by atoms with Crippen molar-refractivity contribution < 1.29 is 9.59 Å². The van der Waals surface area contributed by atoms with E-state index in [1.807, 2.05) is 79.7 Å². The highest BCUT2D eigenvalue weighted by atomic mass is 32.2. The molecule has 0 unspecified atom stereocenters. The number of benzene rings is 3. The number of carbonyl (C=O) groups excluding carboxylic acids is 2. The minimum atomic E-state index is -0.186. The fraction of sp³-hybridized carbons (Fsp3) is 0.154. The molecule has 2 N–H and O–H groups in total. The SMILES string of the molecule is CCc1cccc(C)c1NC(=O)CSc1ccc(NC(=O)/C=C/c2ccccc2)cc1. The molecule has 0 aliphatic rings. The fourth-order valence-corrected chi connectivity index (χ4v) is 3.78. The average molecular weight is 431 g/mol. The first-order valence-corrected chi connectivity index (χ1v) is 11.2. The molecule has 0 saturated carbocycles. The maximum absolute atomic E-state index is 12.4. The molecule has 158 valence electrons. The summed E-state index contributed by atoms with van der Waals surface area (Å²) in [5.41, 5.74) is 4.81. The summed E-state index contributed by atoms with van der Waals surface area (Å²) in [6.45, 7) is 4.08. The maximum Gasteiger partial charge on any atom is 0.248 e. The van der Waals surface area contributed by atoms with Crippen LogP contribution < -0.4 is 10.6 Å². The Bertz CT molecular complexity index is 1060. The molecule has 0 saturated heterocycles. The summed E-state index contributed by atoms with van der Waals surface area (Å²) in [7, 11) is 0. The normalized spacial score (nSPS) is 10.8. The van der Waals surface area contributed by atoms with Crippen LogP contribution in [0.2, 0.25) is 0 Å². The van der Waals surface area contributed by atoms with Crippen LogP contribution in [0.15, 0.2) is 83.8 Å². The van der Waals surface area contributed by atoms with E-state index in [9.17, 15) is 9.59 Å². The minimum absolute atomic E-state index is 0.0302. The molecule has 0 radical (unpaired) electrons. The second-order valence-electron chi connectivity index (χ2n) is 7.06. The first-order chi connectivity index (χ1) is 15.0. The number of amides is 2. The van der Waals surface area contributed by atoms with Gasteiger partial charge in [-0.25, -0.2) is 0 Å². The number of nitrogens with one attached hydrogen (secondary N) is 2. The molecule has 5 heteroatoms. The standard InChI is InChI=1S/C26H26N2O2S/c1-3-21-11-7-8-19(2)26(21)28-25(30)18-31-23-15-13-22(14-16-23)27-24(29)17-12-20-9-5-4-6-10-20/h4-17H,3,18H2,1-2H3,(H,27,29)(H,28,30)/b17-12+. The highest BCUT2D eigenvalue weighted by Crippen LogP contribution is 2.23. The summed E-state index contributed by atoms with van der Waals surface area (Å²) >= 11 is 1.46. The van der Waals surface area contributed by atoms with Gasteiger partial charge in [0.25, 0.3) is 0 Å². The van der Waals surface area contributed by atoms with E-state index in [-0.39, 0.29) is 11.8 Å². The van der Waals surface area contributed by atoms with E-state index in [4.69, 9.17) is 0 Å². The number of para-hydroxylation sites is 1. The van der Waals surface area contributed by atoms with Gasteiger partial charge in [-0.15, -0.1) is 11.8 Å². The Morgan fingerprint density at radius 2 is 1.65 bits per heavy atom. The Hall–Kier alpha value is -3.31. The Balaban J connectivity index is 1.50. The number of hydrogen-bond acceptors (Lipinski definition) is 3. The fourth-order valence-electron chi connectivity index (χ4n) is 3.08. The van der Waals surface area contributed by atoms with E-state index < -0.39 is 0 Å². The van der Waals surface area contributed by atoms with Gasteiger partial charge in [-0.05, 0) is 60.4 Å². The molecule has 0 fully saturated rings. The lowest BCUT2D eigenvalue weighted by molar-refractivity contribution is -0.114. The predicted octanol–water partition coefficient (Wildman–Crippen LogP) is 5.94. The van der Waals surface area contributed by atoms with E-state index in [0.29, 0.717) is 11.4 Å². The van der Waals surface area contributed by atoms with Crippen molar-refractivity contribution in [3.8, 4) is 0 Å². The van der Waals surface area contributed by atoms with Crippen LogP contribution in [0.1, 0.15) is 23.6 Å². The largest absolute Gasteiger partial charge is 0.325 e. The van der Waals surface area contributed by atoms with Gasteiger partial charge in [0.15, 0.2) is 0 Å². The van der Waals surface area contributed by atoms with Gasteiger partial charge in [0, 0.05) is 22.3 Å². The molecule has 31 heavy (non-hydrogen) atoms. The Morgan fingerprint density at radius 3 is 2.35 bits per heavy atom. The van der Waals surface area contributed by atoms with Crippen molar-refractivity contribution in [2.75, 3.05) is 16.4 Å². The molecule has 0 aliphatic heterocycles. The highest BCUT2D eigenvalue weighted by molar-refractivity contribution is 8.00. The Kier molecular flexibility index (Phi) is 8.07.